The van der Waals surface area contributed by atoms with Crippen molar-refractivity contribution in [1.82, 2.24) is 20.5 Å². The van der Waals surface area contributed by atoms with E-state index in [-0.39, 0.29) is 0 Å². The summed E-state index contributed by atoms with van der Waals surface area (Å²) in [5, 5.41) is 13.4. The molecule has 2 atom stereocenters. The Hall–Kier alpha value is -0.850. The Bertz CT molecular complexity index is 508. The van der Waals surface area contributed by atoms with Crippen LogP contribution in [0.1, 0.15) is 37.2 Å². The Kier molecular flexibility index (Phi) is 4.20. The molecule has 1 aliphatic rings. The number of aromatic nitrogens is 3. The Labute approximate surface area is 121 Å². The summed E-state index contributed by atoms with van der Waals surface area (Å²) in [6.07, 6.45) is 4.84. The lowest BCUT2D eigenvalue weighted by molar-refractivity contribution is 0.481. The van der Waals surface area contributed by atoms with Crippen LogP contribution in [0.2, 0.25) is 0 Å². The number of thioether (sulfide) groups is 1. The Balaban J connectivity index is 1.50. The number of hydrogen-bond donors (Lipinski definition) is 2. The lowest BCUT2D eigenvalue weighted by atomic mass is 10.0. The van der Waals surface area contributed by atoms with Crippen LogP contribution in [-0.2, 0) is 6.42 Å². The topological polar surface area (TPSA) is 53.6 Å². The Morgan fingerprint density at radius 2 is 2.47 bits per heavy atom. The van der Waals surface area contributed by atoms with E-state index in [9.17, 15) is 0 Å². The molecule has 19 heavy (non-hydrogen) atoms. The van der Waals surface area contributed by atoms with E-state index in [2.05, 4.69) is 38.9 Å². The predicted octanol–water partition coefficient (Wildman–Crippen LogP) is 3.01. The summed E-state index contributed by atoms with van der Waals surface area (Å²) in [5.74, 6) is 0.977. The van der Waals surface area contributed by atoms with Gasteiger partial charge in [0, 0.05) is 17.7 Å². The fourth-order valence-electron chi connectivity index (χ4n) is 2.43. The van der Waals surface area contributed by atoms with Gasteiger partial charge in [-0.3, -0.25) is 5.10 Å². The van der Waals surface area contributed by atoms with E-state index in [4.69, 9.17) is 0 Å². The molecule has 3 heterocycles. The average molecular weight is 294 g/mol. The molecule has 2 aromatic heterocycles. The molecule has 1 unspecified atom stereocenters. The normalized spacial score (nSPS) is 22.4. The van der Waals surface area contributed by atoms with Crippen molar-refractivity contribution in [2.24, 2.45) is 0 Å². The minimum Gasteiger partial charge on any atom is -0.310 e. The molecule has 6 heteroatoms. The van der Waals surface area contributed by atoms with Gasteiger partial charge in [0.1, 0.15) is 12.2 Å². The number of aromatic amines is 1. The third-order valence-corrected chi connectivity index (χ3v) is 5.70. The van der Waals surface area contributed by atoms with E-state index in [1.807, 2.05) is 23.1 Å². The zero-order valence-electron chi connectivity index (χ0n) is 10.9. The molecular weight excluding hydrogens is 276 g/mol. The molecule has 0 radical (unpaired) electrons. The van der Waals surface area contributed by atoms with Crippen LogP contribution in [0.4, 0.5) is 0 Å². The van der Waals surface area contributed by atoms with Gasteiger partial charge in [0.25, 0.3) is 0 Å². The van der Waals surface area contributed by atoms with Gasteiger partial charge in [0.15, 0.2) is 0 Å². The Morgan fingerprint density at radius 3 is 3.32 bits per heavy atom. The quantitative estimate of drug-likeness (QED) is 0.832. The molecular formula is C13H18N4S2. The van der Waals surface area contributed by atoms with Crippen molar-refractivity contribution >= 4 is 23.1 Å². The van der Waals surface area contributed by atoms with Crippen molar-refractivity contribution < 1.29 is 0 Å². The van der Waals surface area contributed by atoms with Gasteiger partial charge in [-0.2, -0.15) is 5.10 Å². The highest BCUT2D eigenvalue weighted by molar-refractivity contribution is 8.01. The van der Waals surface area contributed by atoms with Crippen LogP contribution in [0.3, 0.4) is 0 Å². The lowest BCUT2D eigenvalue weighted by Crippen LogP contribution is -2.27. The van der Waals surface area contributed by atoms with Crippen LogP contribution in [0.25, 0.3) is 0 Å². The number of H-pyrrole nitrogens is 1. The van der Waals surface area contributed by atoms with Crippen molar-refractivity contribution in [3.05, 3.63) is 29.2 Å². The van der Waals surface area contributed by atoms with Gasteiger partial charge in [-0.15, -0.1) is 23.1 Å². The van der Waals surface area contributed by atoms with E-state index in [1.54, 1.807) is 6.33 Å². The Morgan fingerprint density at radius 1 is 1.53 bits per heavy atom. The first kappa shape index (κ1) is 13.1. The smallest absolute Gasteiger partial charge is 0.137 e. The van der Waals surface area contributed by atoms with Gasteiger partial charge in [0.2, 0.25) is 0 Å². The number of hydrogen-bond acceptors (Lipinski definition) is 5. The molecule has 0 spiro atoms. The third-order valence-electron chi connectivity index (χ3n) is 3.36. The SMILES string of the molecule is C[C@H]1CC(NCCCc2ncn[nH]2)c2ccsc2S1. The van der Waals surface area contributed by atoms with E-state index in [1.165, 1.54) is 16.2 Å². The first-order valence-electron chi connectivity index (χ1n) is 6.64. The van der Waals surface area contributed by atoms with Crippen molar-refractivity contribution in [3.63, 3.8) is 0 Å². The maximum absolute atomic E-state index is 4.14. The molecule has 1 aliphatic heterocycles. The highest BCUT2D eigenvalue weighted by atomic mass is 32.2. The van der Waals surface area contributed by atoms with Crippen molar-refractivity contribution in [3.8, 4) is 0 Å². The van der Waals surface area contributed by atoms with Crippen LogP contribution in [0, 0.1) is 0 Å². The largest absolute Gasteiger partial charge is 0.310 e. The van der Waals surface area contributed by atoms with Gasteiger partial charge in [-0.1, -0.05) is 6.92 Å². The second-order valence-electron chi connectivity index (χ2n) is 4.87. The number of nitrogens with one attached hydrogen (secondary N) is 2. The zero-order chi connectivity index (χ0) is 13.1. The molecule has 102 valence electrons. The van der Waals surface area contributed by atoms with E-state index < -0.39 is 0 Å². The summed E-state index contributed by atoms with van der Waals surface area (Å²) >= 11 is 3.88. The molecule has 2 aromatic rings. The standard InChI is InChI=1S/C13H18N4S2/c1-9-7-11(10-4-6-18-13(10)19-9)14-5-2-3-12-15-8-16-17-12/h4,6,8-9,11,14H,2-3,5,7H2,1H3,(H,15,16,17)/t9-,11?/m0/s1. The highest BCUT2D eigenvalue weighted by Crippen LogP contribution is 2.43. The number of nitrogens with zero attached hydrogens (tertiary/aromatic N) is 2. The molecule has 0 bridgehead atoms. The molecule has 0 fully saturated rings. The maximum atomic E-state index is 4.14. The van der Waals surface area contributed by atoms with Crippen molar-refractivity contribution in [2.45, 2.75) is 41.7 Å². The first-order chi connectivity index (χ1) is 9.33. The first-order valence-corrected chi connectivity index (χ1v) is 8.40. The van der Waals surface area contributed by atoms with E-state index in [0.717, 1.165) is 25.2 Å². The number of rotatable bonds is 5. The molecule has 4 nitrogen and oxygen atoms in total. The van der Waals surface area contributed by atoms with Gasteiger partial charge in [0.05, 0.1) is 4.21 Å². The molecule has 0 saturated carbocycles. The molecule has 0 amide bonds. The summed E-state index contributed by atoms with van der Waals surface area (Å²) < 4.78 is 1.49. The highest BCUT2D eigenvalue weighted by Gasteiger charge is 2.25. The van der Waals surface area contributed by atoms with Crippen LogP contribution >= 0.6 is 23.1 Å². The van der Waals surface area contributed by atoms with Crippen molar-refractivity contribution in [1.29, 1.82) is 0 Å². The summed E-state index contributed by atoms with van der Waals surface area (Å²) in [5.41, 5.74) is 1.49. The molecule has 0 aromatic carbocycles. The molecule has 2 N–H and O–H groups in total. The minimum atomic E-state index is 0.521. The van der Waals surface area contributed by atoms with Crippen LogP contribution in [-0.4, -0.2) is 27.0 Å². The summed E-state index contributed by atoms with van der Waals surface area (Å²) in [6.45, 7) is 3.34. The second kappa shape index (κ2) is 6.07. The van der Waals surface area contributed by atoms with Crippen LogP contribution in [0.5, 0.6) is 0 Å². The zero-order valence-corrected chi connectivity index (χ0v) is 12.6. The van der Waals surface area contributed by atoms with Gasteiger partial charge >= 0.3 is 0 Å². The minimum absolute atomic E-state index is 0.521. The van der Waals surface area contributed by atoms with Gasteiger partial charge < -0.3 is 5.32 Å². The van der Waals surface area contributed by atoms with Gasteiger partial charge in [-0.25, -0.2) is 4.98 Å². The third kappa shape index (κ3) is 3.19. The van der Waals surface area contributed by atoms with E-state index >= 15 is 0 Å². The van der Waals surface area contributed by atoms with Crippen LogP contribution < -0.4 is 5.32 Å². The average Bonchev–Trinajstić information content (AvgIpc) is 3.04. The van der Waals surface area contributed by atoms with Gasteiger partial charge in [-0.05, 0) is 36.4 Å². The summed E-state index contributed by atoms with van der Waals surface area (Å²) in [7, 11) is 0. The van der Waals surface area contributed by atoms with E-state index in [0.29, 0.717) is 11.3 Å². The lowest BCUT2D eigenvalue weighted by Gasteiger charge is -2.27. The molecule has 0 aliphatic carbocycles. The number of fused-ring (bicyclic) bond motifs is 1. The molecule has 3 rings (SSSR count). The van der Waals surface area contributed by atoms with Crippen molar-refractivity contribution in [2.75, 3.05) is 6.54 Å². The van der Waals surface area contributed by atoms with Crippen LogP contribution in [0.15, 0.2) is 22.0 Å². The number of thiophene rings is 1. The predicted molar refractivity (Wildman–Crippen MR) is 79.7 cm³/mol. The maximum Gasteiger partial charge on any atom is 0.137 e. The fourth-order valence-corrected chi connectivity index (χ4v) is 4.99. The molecule has 0 saturated heterocycles. The number of aryl methyl sites for hydroxylation is 1. The second-order valence-corrected chi connectivity index (χ2v) is 7.49. The summed E-state index contributed by atoms with van der Waals surface area (Å²) in [6, 6.07) is 2.79. The fraction of sp³-hybridized carbons (Fsp3) is 0.538. The summed E-state index contributed by atoms with van der Waals surface area (Å²) in [4.78, 5) is 4.14. The monoisotopic (exact) mass is 294 g/mol.